The van der Waals surface area contributed by atoms with Crippen molar-refractivity contribution in [3.05, 3.63) is 28.8 Å². The SMILES string of the molecule is CC1(C(=O)O)CCCCN1c1cc(Cl)ccc1C#N. The van der Waals surface area contributed by atoms with Crippen molar-refractivity contribution in [3.8, 4) is 6.07 Å². The van der Waals surface area contributed by atoms with Crippen molar-refractivity contribution in [3.63, 3.8) is 0 Å². The van der Waals surface area contributed by atoms with Crippen molar-refractivity contribution in [1.82, 2.24) is 0 Å². The lowest BCUT2D eigenvalue weighted by atomic mass is 9.87. The van der Waals surface area contributed by atoms with Gasteiger partial charge >= 0.3 is 5.97 Å². The van der Waals surface area contributed by atoms with Crippen molar-refractivity contribution < 1.29 is 9.90 Å². The quantitative estimate of drug-likeness (QED) is 0.903. The van der Waals surface area contributed by atoms with Crippen LogP contribution in [0.25, 0.3) is 0 Å². The van der Waals surface area contributed by atoms with Crippen LogP contribution in [0.1, 0.15) is 31.7 Å². The van der Waals surface area contributed by atoms with E-state index in [0.717, 1.165) is 12.8 Å². The molecule has 1 fully saturated rings. The Labute approximate surface area is 117 Å². The van der Waals surface area contributed by atoms with Crippen LogP contribution in [0, 0.1) is 11.3 Å². The van der Waals surface area contributed by atoms with Gasteiger partial charge in [0, 0.05) is 11.6 Å². The van der Waals surface area contributed by atoms with E-state index in [9.17, 15) is 15.2 Å². The summed E-state index contributed by atoms with van der Waals surface area (Å²) in [6, 6.07) is 7.05. The Kier molecular flexibility index (Phi) is 3.68. The smallest absolute Gasteiger partial charge is 0.329 e. The van der Waals surface area contributed by atoms with E-state index >= 15 is 0 Å². The molecule has 1 saturated heterocycles. The van der Waals surface area contributed by atoms with E-state index in [1.165, 1.54) is 0 Å². The highest BCUT2D eigenvalue weighted by molar-refractivity contribution is 6.30. The molecule has 19 heavy (non-hydrogen) atoms. The Morgan fingerprint density at radius 1 is 1.53 bits per heavy atom. The van der Waals surface area contributed by atoms with Crippen LogP contribution in [0.15, 0.2) is 18.2 Å². The standard InChI is InChI=1S/C14H15ClN2O2/c1-14(13(18)19)6-2-3-7-17(14)12-8-11(15)5-4-10(12)9-16/h4-5,8H,2-3,6-7H2,1H3,(H,18,19). The van der Waals surface area contributed by atoms with Crippen molar-refractivity contribution >= 4 is 23.3 Å². The van der Waals surface area contributed by atoms with Crippen LogP contribution < -0.4 is 4.90 Å². The molecule has 4 nitrogen and oxygen atoms in total. The van der Waals surface area contributed by atoms with Crippen molar-refractivity contribution in [1.29, 1.82) is 5.26 Å². The second kappa shape index (κ2) is 5.10. The number of carboxylic acid groups (broad SMARTS) is 1. The Morgan fingerprint density at radius 2 is 2.26 bits per heavy atom. The van der Waals surface area contributed by atoms with Crippen LogP contribution in [0.4, 0.5) is 5.69 Å². The van der Waals surface area contributed by atoms with Crippen LogP contribution in [0.5, 0.6) is 0 Å². The van der Waals surface area contributed by atoms with Crippen LogP contribution in [-0.4, -0.2) is 23.2 Å². The van der Waals surface area contributed by atoms with Crippen LogP contribution in [0.2, 0.25) is 5.02 Å². The molecule has 1 aromatic carbocycles. The third-order valence-corrected chi connectivity index (χ3v) is 3.96. The van der Waals surface area contributed by atoms with Crippen LogP contribution in [-0.2, 0) is 4.79 Å². The van der Waals surface area contributed by atoms with Crippen LogP contribution in [0.3, 0.4) is 0 Å². The zero-order valence-electron chi connectivity index (χ0n) is 10.7. The number of halogens is 1. The molecular weight excluding hydrogens is 264 g/mol. The van der Waals surface area contributed by atoms with E-state index in [1.807, 2.05) is 0 Å². The van der Waals surface area contributed by atoms with Gasteiger partial charge in [-0.3, -0.25) is 0 Å². The number of benzene rings is 1. The molecule has 1 aliphatic rings. The number of rotatable bonds is 2. The number of anilines is 1. The molecule has 0 radical (unpaired) electrons. The summed E-state index contributed by atoms with van der Waals surface area (Å²) in [7, 11) is 0. The second-order valence-corrected chi connectivity index (χ2v) is 5.40. The molecule has 100 valence electrons. The maximum Gasteiger partial charge on any atom is 0.329 e. The zero-order valence-corrected chi connectivity index (χ0v) is 11.4. The lowest BCUT2D eigenvalue weighted by Gasteiger charge is -2.43. The highest BCUT2D eigenvalue weighted by Crippen LogP contribution is 2.36. The first-order valence-corrected chi connectivity index (χ1v) is 6.57. The monoisotopic (exact) mass is 278 g/mol. The Hall–Kier alpha value is -1.73. The van der Waals surface area contributed by atoms with E-state index in [2.05, 4.69) is 6.07 Å². The summed E-state index contributed by atoms with van der Waals surface area (Å²) in [5.41, 5.74) is 0.0903. The number of piperidine rings is 1. The summed E-state index contributed by atoms with van der Waals surface area (Å²) >= 11 is 5.98. The summed E-state index contributed by atoms with van der Waals surface area (Å²) in [6.45, 7) is 2.33. The second-order valence-electron chi connectivity index (χ2n) is 4.96. The molecule has 1 N–H and O–H groups in total. The normalized spacial score (nSPS) is 22.9. The topological polar surface area (TPSA) is 64.3 Å². The van der Waals surface area contributed by atoms with E-state index in [4.69, 9.17) is 11.6 Å². The Balaban J connectivity index is 2.52. The number of aliphatic carboxylic acids is 1. The van der Waals surface area contributed by atoms with Gasteiger partial charge < -0.3 is 10.0 Å². The van der Waals surface area contributed by atoms with Gasteiger partial charge in [-0.05, 0) is 44.4 Å². The van der Waals surface area contributed by atoms with Gasteiger partial charge in [-0.25, -0.2) is 4.79 Å². The predicted molar refractivity (Wildman–Crippen MR) is 73.4 cm³/mol. The van der Waals surface area contributed by atoms with Gasteiger partial charge in [-0.1, -0.05) is 11.6 Å². The summed E-state index contributed by atoms with van der Waals surface area (Å²) in [6.07, 6.45) is 2.36. The lowest BCUT2D eigenvalue weighted by Crippen LogP contribution is -2.55. The molecule has 0 aliphatic carbocycles. The van der Waals surface area contributed by atoms with Gasteiger partial charge in [-0.15, -0.1) is 0 Å². The fraction of sp³-hybridized carbons (Fsp3) is 0.429. The highest BCUT2D eigenvalue weighted by atomic mass is 35.5. The summed E-state index contributed by atoms with van der Waals surface area (Å²) in [4.78, 5) is 13.4. The molecule has 5 heteroatoms. The van der Waals surface area contributed by atoms with Gasteiger partial charge in [0.2, 0.25) is 0 Å². The molecule has 1 atom stereocenters. The van der Waals surface area contributed by atoms with Gasteiger partial charge in [0.1, 0.15) is 11.6 Å². The average Bonchev–Trinajstić information content (AvgIpc) is 2.39. The van der Waals surface area contributed by atoms with Gasteiger partial charge in [-0.2, -0.15) is 5.26 Å². The zero-order chi connectivity index (χ0) is 14.0. The molecule has 0 saturated carbocycles. The fourth-order valence-corrected chi connectivity index (χ4v) is 2.72. The predicted octanol–water partition coefficient (Wildman–Crippen LogP) is 3.05. The molecule has 1 heterocycles. The number of nitriles is 1. The fourth-order valence-electron chi connectivity index (χ4n) is 2.55. The van der Waals surface area contributed by atoms with E-state index < -0.39 is 11.5 Å². The number of hydrogen-bond donors (Lipinski definition) is 1. The van der Waals surface area contributed by atoms with E-state index in [1.54, 1.807) is 30.0 Å². The summed E-state index contributed by atoms with van der Waals surface area (Å²) in [5, 5.41) is 19.2. The lowest BCUT2D eigenvalue weighted by molar-refractivity contribution is -0.143. The van der Waals surface area contributed by atoms with Crippen molar-refractivity contribution in [2.75, 3.05) is 11.4 Å². The van der Waals surface area contributed by atoms with Gasteiger partial charge in [0.25, 0.3) is 0 Å². The molecule has 1 unspecified atom stereocenters. The van der Waals surface area contributed by atoms with Crippen LogP contribution >= 0.6 is 11.6 Å². The van der Waals surface area contributed by atoms with Crippen molar-refractivity contribution in [2.24, 2.45) is 0 Å². The van der Waals surface area contributed by atoms with Gasteiger partial charge in [0.05, 0.1) is 11.3 Å². The van der Waals surface area contributed by atoms with E-state index in [0.29, 0.717) is 29.2 Å². The largest absolute Gasteiger partial charge is 0.480 e. The Bertz CT molecular complexity index is 553. The number of carboxylic acids is 1. The van der Waals surface area contributed by atoms with Crippen molar-refractivity contribution in [2.45, 2.75) is 31.7 Å². The van der Waals surface area contributed by atoms with E-state index in [-0.39, 0.29) is 0 Å². The third-order valence-electron chi connectivity index (χ3n) is 3.72. The number of hydrogen-bond acceptors (Lipinski definition) is 3. The highest BCUT2D eigenvalue weighted by Gasteiger charge is 2.42. The molecule has 0 aromatic heterocycles. The molecule has 0 spiro atoms. The minimum atomic E-state index is -0.978. The molecule has 1 aromatic rings. The maximum absolute atomic E-state index is 11.6. The maximum atomic E-state index is 11.6. The third kappa shape index (κ3) is 2.39. The minimum absolute atomic E-state index is 0.457. The molecule has 1 aliphatic heterocycles. The molecular formula is C14H15ClN2O2. The number of carbonyl (C=O) groups is 1. The molecule has 0 bridgehead atoms. The van der Waals surface area contributed by atoms with Gasteiger partial charge in [0.15, 0.2) is 0 Å². The minimum Gasteiger partial charge on any atom is -0.480 e. The Morgan fingerprint density at radius 3 is 2.89 bits per heavy atom. The summed E-state index contributed by atoms with van der Waals surface area (Å²) < 4.78 is 0. The average molecular weight is 279 g/mol. The molecule has 0 amide bonds. The summed E-state index contributed by atoms with van der Waals surface area (Å²) in [5.74, 6) is -0.865. The number of nitrogens with zero attached hydrogens (tertiary/aromatic N) is 2. The first kappa shape index (κ1) is 13.7. The first-order chi connectivity index (χ1) is 8.99. The molecule has 2 rings (SSSR count). The first-order valence-electron chi connectivity index (χ1n) is 6.20.